The second-order valence-corrected chi connectivity index (χ2v) is 8.84. The molecule has 2 aromatic carbocycles. The number of phenols is 1. The van der Waals surface area contributed by atoms with Gasteiger partial charge in [-0.15, -0.1) is 0 Å². The molecular formula is C17H16ClFN4O3S. The predicted molar refractivity (Wildman–Crippen MR) is 105 cm³/mol. The molecule has 10 heteroatoms. The molecule has 0 saturated carbocycles. The summed E-state index contributed by atoms with van der Waals surface area (Å²) in [7, 11) is -1.04. The Labute approximate surface area is 160 Å². The Morgan fingerprint density at radius 3 is 2.67 bits per heavy atom. The standard InChI is InChI=1S/C17H16ClFN4O3S/c1-26-16-12(23-27(2,3)25)7-11-14(15(16)18)17(21-8-20-11)22-10-5-4-9(19)6-13(10)24/h4-8,24H,1-3H3,(H,20,21,22). The van der Waals surface area contributed by atoms with Gasteiger partial charge in [-0.1, -0.05) is 11.6 Å². The normalized spacial score (nSPS) is 11.4. The Morgan fingerprint density at radius 2 is 2.04 bits per heavy atom. The number of aromatic hydroxyl groups is 1. The van der Waals surface area contributed by atoms with E-state index >= 15 is 0 Å². The number of nitrogens with zero attached hydrogens (tertiary/aromatic N) is 3. The zero-order chi connectivity index (χ0) is 19.8. The number of benzene rings is 2. The number of hydrogen-bond donors (Lipinski definition) is 2. The van der Waals surface area contributed by atoms with Crippen LogP contribution in [0.25, 0.3) is 10.9 Å². The summed E-state index contributed by atoms with van der Waals surface area (Å²) >= 11 is 6.49. The van der Waals surface area contributed by atoms with Crippen LogP contribution in [0.4, 0.5) is 21.6 Å². The molecule has 2 N–H and O–H groups in total. The van der Waals surface area contributed by atoms with E-state index in [1.54, 1.807) is 6.07 Å². The lowest BCUT2D eigenvalue weighted by Crippen LogP contribution is -1.99. The molecule has 27 heavy (non-hydrogen) atoms. The van der Waals surface area contributed by atoms with Crippen molar-refractivity contribution in [1.82, 2.24) is 9.97 Å². The monoisotopic (exact) mass is 410 g/mol. The number of rotatable bonds is 4. The van der Waals surface area contributed by atoms with E-state index in [9.17, 15) is 13.7 Å². The highest BCUT2D eigenvalue weighted by atomic mass is 35.5. The lowest BCUT2D eigenvalue weighted by Gasteiger charge is -2.14. The Bertz CT molecular complexity index is 1150. The van der Waals surface area contributed by atoms with Gasteiger partial charge in [0.25, 0.3) is 0 Å². The number of fused-ring (bicyclic) bond motifs is 1. The average molecular weight is 411 g/mol. The fourth-order valence-electron chi connectivity index (χ4n) is 2.48. The van der Waals surface area contributed by atoms with Crippen LogP contribution in [0.15, 0.2) is 35.0 Å². The molecule has 0 bridgehead atoms. The van der Waals surface area contributed by atoms with Gasteiger partial charge in [0.2, 0.25) is 0 Å². The van der Waals surface area contributed by atoms with E-state index in [2.05, 4.69) is 19.6 Å². The number of anilines is 2. The smallest absolute Gasteiger partial charge is 0.164 e. The lowest BCUT2D eigenvalue weighted by atomic mass is 10.2. The topological polar surface area (TPSA) is 96.7 Å². The van der Waals surface area contributed by atoms with Gasteiger partial charge in [0, 0.05) is 28.3 Å². The molecule has 3 rings (SSSR count). The first-order valence-electron chi connectivity index (χ1n) is 7.63. The summed E-state index contributed by atoms with van der Waals surface area (Å²) in [6, 6.07) is 5.13. The summed E-state index contributed by atoms with van der Waals surface area (Å²) in [4.78, 5) is 8.33. The molecule has 1 aromatic heterocycles. The lowest BCUT2D eigenvalue weighted by molar-refractivity contribution is 0.417. The van der Waals surface area contributed by atoms with Crippen molar-refractivity contribution in [1.29, 1.82) is 0 Å². The van der Waals surface area contributed by atoms with E-state index in [1.807, 2.05) is 0 Å². The highest BCUT2D eigenvalue weighted by molar-refractivity contribution is 7.92. The molecule has 0 atom stereocenters. The maximum atomic E-state index is 13.2. The van der Waals surface area contributed by atoms with E-state index in [-0.39, 0.29) is 28.0 Å². The molecule has 7 nitrogen and oxygen atoms in total. The van der Waals surface area contributed by atoms with Crippen molar-refractivity contribution >= 4 is 49.4 Å². The Hall–Kier alpha value is -2.65. The number of halogens is 2. The van der Waals surface area contributed by atoms with Crippen LogP contribution in [0.5, 0.6) is 11.5 Å². The first kappa shape index (κ1) is 19.1. The Morgan fingerprint density at radius 1 is 1.30 bits per heavy atom. The van der Waals surface area contributed by atoms with Crippen LogP contribution < -0.4 is 10.1 Å². The summed E-state index contributed by atoms with van der Waals surface area (Å²) in [5.41, 5.74) is 0.979. The van der Waals surface area contributed by atoms with Crippen LogP contribution in [-0.4, -0.2) is 38.9 Å². The third-order valence-corrected chi connectivity index (χ3v) is 4.53. The summed E-state index contributed by atoms with van der Waals surface area (Å²) < 4.78 is 34.8. The van der Waals surface area contributed by atoms with Gasteiger partial charge in [-0.2, -0.15) is 4.36 Å². The number of phenolic OH excluding ortho intramolecular Hbond substituents is 1. The van der Waals surface area contributed by atoms with E-state index in [1.165, 1.54) is 38.1 Å². The third-order valence-electron chi connectivity index (χ3n) is 3.54. The molecule has 0 unspecified atom stereocenters. The van der Waals surface area contributed by atoms with Crippen LogP contribution in [0.2, 0.25) is 5.02 Å². The first-order valence-corrected chi connectivity index (χ1v) is 10.3. The van der Waals surface area contributed by atoms with Crippen LogP contribution >= 0.6 is 11.6 Å². The first-order chi connectivity index (χ1) is 12.7. The van der Waals surface area contributed by atoms with Gasteiger partial charge in [0.1, 0.15) is 29.4 Å². The third kappa shape index (κ3) is 4.04. The van der Waals surface area contributed by atoms with Crippen molar-refractivity contribution in [3.8, 4) is 11.5 Å². The van der Waals surface area contributed by atoms with E-state index in [0.29, 0.717) is 16.6 Å². The minimum absolute atomic E-state index is 0.169. The summed E-state index contributed by atoms with van der Waals surface area (Å²) in [5.74, 6) is -0.347. The van der Waals surface area contributed by atoms with Gasteiger partial charge >= 0.3 is 0 Å². The number of aromatic nitrogens is 2. The van der Waals surface area contributed by atoms with Gasteiger partial charge in [-0.25, -0.2) is 18.6 Å². The second-order valence-electron chi connectivity index (χ2n) is 5.92. The average Bonchev–Trinajstić information content (AvgIpc) is 2.56. The quantitative estimate of drug-likeness (QED) is 0.624. The number of methoxy groups -OCH3 is 1. The largest absolute Gasteiger partial charge is 0.506 e. The van der Waals surface area contributed by atoms with Crippen molar-refractivity contribution in [2.75, 3.05) is 24.9 Å². The van der Waals surface area contributed by atoms with Crippen molar-refractivity contribution in [3.63, 3.8) is 0 Å². The molecule has 0 aliphatic heterocycles. The Kier molecular flexibility index (Phi) is 5.07. The zero-order valence-corrected chi connectivity index (χ0v) is 16.2. The van der Waals surface area contributed by atoms with Crippen molar-refractivity contribution in [3.05, 3.63) is 41.4 Å². The fourth-order valence-corrected chi connectivity index (χ4v) is 3.45. The van der Waals surface area contributed by atoms with Crippen molar-refractivity contribution in [2.45, 2.75) is 0 Å². The molecule has 1 heterocycles. The van der Waals surface area contributed by atoms with Gasteiger partial charge in [-0.05, 0) is 18.2 Å². The van der Waals surface area contributed by atoms with Crippen molar-refractivity contribution < 1.29 is 18.4 Å². The van der Waals surface area contributed by atoms with E-state index < -0.39 is 15.5 Å². The van der Waals surface area contributed by atoms with Crippen molar-refractivity contribution in [2.24, 2.45) is 4.36 Å². The van der Waals surface area contributed by atoms with Gasteiger partial charge in [0.05, 0.1) is 28.7 Å². The molecule has 3 aromatic rings. The minimum Gasteiger partial charge on any atom is -0.506 e. The van der Waals surface area contributed by atoms with Crippen LogP contribution in [0, 0.1) is 5.82 Å². The molecule has 0 amide bonds. The predicted octanol–water partition coefficient (Wildman–Crippen LogP) is 4.24. The molecule has 0 fully saturated rings. The van der Waals surface area contributed by atoms with E-state index in [0.717, 1.165) is 6.07 Å². The number of hydrogen-bond acceptors (Lipinski definition) is 7. The zero-order valence-electron chi connectivity index (χ0n) is 14.7. The minimum atomic E-state index is -2.45. The van der Waals surface area contributed by atoms with E-state index in [4.69, 9.17) is 16.3 Å². The van der Waals surface area contributed by atoms with Gasteiger partial charge < -0.3 is 15.2 Å². The summed E-state index contributed by atoms with van der Waals surface area (Å²) in [6.07, 6.45) is 4.29. The van der Waals surface area contributed by atoms with Gasteiger partial charge in [-0.3, -0.25) is 0 Å². The Balaban J connectivity index is 2.23. The molecule has 0 spiro atoms. The maximum Gasteiger partial charge on any atom is 0.164 e. The highest BCUT2D eigenvalue weighted by Crippen LogP contribution is 2.43. The number of ether oxygens (including phenoxy) is 1. The summed E-state index contributed by atoms with van der Waals surface area (Å²) in [5, 5.41) is 13.4. The van der Waals surface area contributed by atoms with Crippen LogP contribution in [0.3, 0.4) is 0 Å². The summed E-state index contributed by atoms with van der Waals surface area (Å²) in [6.45, 7) is 0. The molecule has 0 radical (unpaired) electrons. The fraction of sp³-hybridized carbons (Fsp3) is 0.176. The number of nitrogens with one attached hydrogen (secondary N) is 1. The second kappa shape index (κ2) is 7.16. The molecular weight excluding hydrogens is 395 g/mol. The molecule has 0 saturated heterocycles. The SMILES string of the molecule is COc1c(N=S(C)(C)=O)cc2ncnc(Nc3ccc(F)cc3O)c2c1Cl. The molecule has 0 aliphatic rings. The van der Waals surface area contributed by atoms with Crippen LogP contribution in [-0.2, 0) is 9.73 Å². The molecule has 0 aliphatic carbocycles. The van der Waals surface area contributed by atoms with Crippen LogP contribution in [0.1, 0.15) is 0 Å². The highest BCUT2D eigenvalue weighted by Gasteiger charge is 2.18. The maximum absolute atomic E-state index is 13.2. The van der Waals surface area contributed by atoms with Gasteiger partial charge in [0.15, 0.2) is 5.75 Å². The molecule has 142 valence electrons.